The van der Waals surface area contributed by atoms with Crippen molar-refractivity contribution in [2.45, 2.75) is 183 Å². The first-order valence-electron chi connectivity index (χ1n) is 32.2. The Balaban J connectivity index is 1.56. The highest BCUT2D eigenvalue weighted by molar-refractivity contribution is 7.98. The van der Waals surface area contributed by atoms with Gasteiger partial charge in [-0.3, -0.25) is 67.3 Å². The van der Waals surface area contributed by atoms with E-state index in [9.17, 15) is 62.3 Å². The molecule has 0 aromatic heterocycles. The first-order chi connectivity index (χ1) is 45.2. The lowest BCUT2D eigenvalue weighted by molar-refractivity contribution is -0.144. The number of guanidine groups is 1. The largest absolute Gasteiger partial charge is 0.370 e. The van der Waals surface area contributed by atoms with Crippen LogP contribution in [0.15, 0.2) is 65.7 Å². The number of rotatable bonds is 42. The number of primary amides is 3. The van der Waals surface area contributed by atoms with Crippen molar-refractivity contribution < 1.29 is 62.3 Å². The fraction of sp³-hybridized carbons (Fsp3) is 0.587. The van der Waals surface area contributed by atoms with Gasteiger partial charge in [0.15, 0.2) is 5.96 Å². The number of nitrogens with one attached hydrogen (secondary N) is 8. The van der Waals surface area contributed by atoms with E-state index < -0.39 is 169 Å². The van der Waals surface area contributed by atoms with Crippen LogP contribution in [-0.4, -0.2) is 198 Å². The van der Waals surface area contributed by atoms with Crippen molar-refractivity contribution in [3.63, 3.8) is 0 Å². The average molecular weight is 1350 g/mol. The minimum absolute atomic E-state index is 0.0736. The van der Waals surface area contributed by atoms with Gasteiger partial charge in [-0.1, -0.05) is 74.5 Å². The molecule has 2 fully saturated rings. The summed E-state index contributed by atoms with van der Waals surface area (Å²) < 4.78 is 0. The molecule has 10 atom stereocenters. The van der Waals surface area contributed by atoms with Gasteiger partial charge in [-0.25, -0.2) is 0 Å². The first-order valence-corrected chi connectivity index (χ1v) is 33.6. The van der Waals surface area contributed by atoms with Crippen LogP contribution < -0.4 is 82.7 Å². The zero-order valence-electron chi connectivity index (χ0n) is 54.5. The summed E-state index contributed by atoms with van der Waals surface area (Å²) >= 11 is 1.45. The minimum Gasteiger partial charge on any atom is -0.370 e. The second-order valence-corrected chi connectivity index (χ2v) is 25.1. The number of carbonyl (C=O) groups is 13. The molecule has 524 valence electrons. The third-order valence-electron chi connectivity index (χ3n) is 16.0. The summed E-state index contributed by atoms with van der Waals surface area (Å²) in [6.45, 7) is 3.86. The number of unbranched alkanes of at least 4 members (excludes halogenated alkanes) is 1. The van der Waals surface area contributed by atoms with E-state index in [1.807, 2.05) is 20.1 Å². The quantitative estimate of drug-likeness (QED) is 0.0173. The van der Waals surface area contributed by atoms with Gasteiger partial charge in [0.25, 0.3) is 0 Å². The number of nitrogens with zero attached hydrogens (tertiary/aromatic N) is 3. The van der Waals surface area contributed by atoms with Crippen LogP contribution in [0.5, 0.6) is 0 Å². The number of amides is 13. The molecular weight excluding hydrogens is 1250 g/mol. The molecule has 2 saturated heterocycles. The summed E-state index contributed by atoms with van der Waals surface area (Å²) in [5.41, 5.74) is 40.6. The summed E-state index contributed by atoms with van der Waals surface area (Å²) in [5.74, 6) is -9.80. The smallest absolute Gasteiger partial charge is 0.245 e. The van der Waals surface area contributed by atoms with Gasteiger partial charge in [-0.05, 0) is 119 Å². The molecule has 2 heterocycles. The van der Waals surface area contributed by atoms with E-state index in [4.69, 9.17) is 40.1 Å². The molecule has 95 heavy (non-hydrogen) atoms. The van der Waals surface area contributed by atoms with Gasteiger partial charge in [0.05, 0.1) is 12.6 Å². The molecule has 4 rings (SSSR count). The van der Waals surface area contributed by atoms with Crippen molar-refractivity contribution in [3.8, 4) is 0 Å². The Morgan fingerprint density at radius 3 is 1.51 bits per heavy atom. The van der Waals surface area contributed by atoms with E-state index in [2.05, 4.69) is 47.5 Å². The molecule has 0 unspecified atom stereocenters. The Morgan fingerprint density at radius 2 is 1.01 bits per heavy atom. The Kier molecular flexibility index (Phi) is 33.9. The number of benzene rings is 2. The molecule has 0 saturated carbocycles. The molecule has 22 N–H and O–H groups in total. The number of hydrogen-bond donors (Lipinski definition) is 15. The van der Waals surface area contributed by atoms with Gasteiger partial charge in [0, 0.05) is 45.3 Å². The van der Waals surface area contributed by atoms with Crippen LogP contribution in [-0.2, 0) is 75.2 Å². The van der Waals surface area contributed by atoms with Crippen molar-refractivity contribution in [3.05, 3.63) is 71.8 Å². The lowest BCUT2D eigenvalue weighted by atomic mass is 10.0. The van der Waals surface area contributed by atoms with Gasteiger partial charge in [-0.15, -0.1) is 0 Å². The fourth-order valence-corrected chi connectivity index (χ4v) is 11.5. The maximum absolute atomic E-state index is 14.7. The van der Waals surface area contributed by atoms with Crippen LogP contribution in [0.1, 0.15) is 121 Å². The third-order valence-corrected chi connectivity index (χ3v) is 16.7. The number of nitrogens with two attached hydrogens (primary N) is 7. The van der Waals surface area contributed by atoms with Gasteiger partial charge >= 0.3 is 0 Å². The van der Waals surface area contributed by atoms with E-state index in [1.54, 1.807) is 60.7 Å². The SMILES string of the molecule is CSCC[C@H](NC(=O)[C@@H](CC(C)C)NC(=O)CNC(=O)[C@@H](Cc1ccccc1)NC(=O)[C@H](Cc1ccccc1)NC(=O)[C@@H](CCC(N)=O)NC(=O)[C@@H](CCC(N)=O)NC(=O)[C@H]1CCCN1C(=O)[C@H](CCCCN)NC(=O)[C@@H]1CCCN1C(=O)[C@@H](N)CCCN=C(N)N)C(N)=O. The molecule has 2 aromatic carbocycles. The molecule has 2 aromatic rings. The van der Waals surface area contributed by atoms with Gasteiger partial charge < -0.3 is 92.5 Å². The monoisotopic (exact) mass is 1350 g/mol. The number of carbonyl (C=O) groups excluding carboxylic acids is 13. The standard InChI is InChI=1S/C63H98N18O13S/c1-37(2)33-45(57(89)74-41(53(68)85)27-32-95-3)73-52(84)36-72-54(86)46(34-38-15-6-4-7-16-38)78-58(90)47(35-39-17-8-5-9-18-39)79-56(88)42(23-25-50(66)82)75-55(87)43(24-26-51(67)83)76-59(91)49-22-14-31-81(49)62(94)44(20-10-11-28-64)77-60(92)48-21-13-30-80(48)61(93)40(65)19-12-29-71-63(69)70/h4-9,15-18,37,40-49H,10-14,19-36,64-65H2,1-3H3,(H2,66,82)(H2,67,83)(H2,68,85)(H,72,86)(H,73,84)(H,74,89)(H,75,87)(H,76,91)(H,77,92)(H,78,90)(H,79,88)(H4,69,70,71)/t40-,41-,42+,43+,44-,45+,46+,47-,48-,49+/m0/s1. The highest BCUT2D eigenvalue weighted by atomic mass is 32.2. The lowest BCUT2D eigenvalue weighted by Gasteiger charge is -2.32. The van der Waals surface area contributed by atoms with Crippen molar-refractivity contribution >= 4 is 94.5 Å². The van der Waals surface area contributed by atoms with E-state index in [-0.39, 0.29) is 83.0 Å². The molecule has 2 aliphatic rings. The maximum Gasteiger partial charge on any atom is 0.245 e. The Labute approximate surface area is 558 Å². The van der Waals surface area contributed by atoms with E-state index in [0.717, 1.165) is 0 Å². The summed E-state index contributed by atoms with van der Waals surface area (Å²) in [6.07, 6.45) is 3.12. The number of likely N-dealkylation sites (tertiary alicyclic amines) is 2. The van der Waals surface area contributed by atoms with Gasteiger partial charge in [0.1, 0.15) is 54.4 Å². The lowest BCUT2D eigenvalue weighted by Crippen LogP contribution is -2.60. The molecule has 13 amide bonds. The summed E-state index contributed by atoms with van der Waals surface area (Å²) in [6, 6.07) is 4.51. The second kappa shape index (κ2) is 41.0. The third kappa shape index (κ3) is 27.5. The Bertz CT molecular complexity index is 2960. The van der Waals surface area contributed by atoms with Crippen molar-refractivity contribution in [2.24, 2.45) is 51.0 Å². The summed E-state index contributed by atoms with van der Waals surface area (Å²) in [4.78, 5) is 185. The van der Waals surface area contributed by atoms with Crippen molar-refractivity contribution in [1.29, 1.82) is 0 Å². The number of hydrogen-bond acceptors (Lipinski definition) is 17. The zero-order chi connectivity index (χ0) is 70.1. The molecular formula is C63H98N18O13S. The summed E-state index contributed by atoms with van der Waals surface area (Å²) in [5, 5.41) is 21.1. The maximum atomic E-state index is 14.7. The predicted octanol–water partition coefficient (Wildman–Crippen LogP) is -3.71. The minimum atomic E-state index is -1.64. The van der Waals surface area contributed by atoms with E-state index >= 15 is 0 Å². The Hall–Kier alpha value is -8.91. The molecule has 0 spiro atoms. The normalized spacial score (nSPS) is 16.8. The number of thioether (sulfide) groups is 1. The second-order valence-electron chi connectivity index (χ2n) is 24.1. The van der Waals surface area contributed by atoms with Crippen molar-refractivity contribution in [1.82, 2.24) is 52.3 Å². The molecule has 32 heteroatoms. The molecule has 2 aliphatic heterocycles. The average Bonchev–Trinajstić information content (AvgIpc) is 1.74. The van der Waals surface area contributed by atoms with E-state index in [0.29, 0.717) is 55.4 Å². The fourth-order valence-electron chi connectivity index (χ4n) is 11.0. The van der Waals surface area contributed by atoms with Gasteiger partial charge in [0.2, 0.25) is 76.8 Å². The molecule has 0 aliphatic carbocycles. The van der Waals surface area contributed by atoms with Crippen LogP contribution >= 0.6 is 11.8 Å². The van der Waals surface area contributed by atoms with Gasteiger partial charge in [-0.2, -0.15) is 11.8 Å². The molecule has 0 radical (unpaired) electrons. The zero-order valence-corrected chi connectivity index (χ0v) is 55.3. The Morgan fingerprint density at radius 1 is 0.537 bits per heavy atom. The van der Waals surface area contributed by atoms with Crippen LogP contribution in [0, 0.1) is 5.92 Å². The van der Waals surface area contributed by atoms with E-state index in [1.165, 1.54) is 21.6 Å². The molecule has 0 bridgehead atoms. The number of aliphatic imine (C=N–C) groups is 1. The topological polar surface area (TPSA) is 519 Å². The predicted molar refractivity (Wildman–Crippen MR) is 356 cm³/mol. The molecule has 31 nitrogen and oxygen atoms in total. The highest BCUT2D eigenvalue weighted by Crippen LogP contribution is 2.24. The highest BCUT2D eigenvalue weighted by Gasteiger charge is 2.42. The van der Waals surface area contributed by atoms with Crippen LogP contribution in [0.3, 0.4) is 0 Å². The van der Waals surface area contributed by atoms with Crippen LogP contribution in [0.25, 0.3) is 0 Å². The summed E-state index contributed by atoms with van der Waals surface area (Å²) in [7, 11) is 0. The van der Waals surface area contributed by atoms with Crippen LogP contribution in [0.4, 0.5) is 0 Å². The van der Waals surface area contributed by atoms with Crippen molar-refractivity contribution in [2.75, 3.05) is 44.7 Å². The first kappa shape index (κ1) is 78.5. The van der Waals surface area contributed by atoms with Crippen LogP contribution in [0.2, 0.25) is 0 Å².